The summed E-state index contributed by atoms with van der Waals surface area (Å²) in [6.07, 6.45) is 16.6. The summed E-state index contributed by atoms with van der Waals surface area (Å²) in [5.41, 5.74) is 15.3. The van der Waals surface area contributed by atoms with E-state index in [1.807, 2.05) is 32.1 Å². The number of hydrogen-bond acceptors (Lipinski definition) is 0. The average molecular weight is 712 g/mol. The molecule has 0 saturated carbocycles. The van der Waals surface area contributed by atoms with E-state index < -0.39 is 0 Å². The number of benzene rings is 6. The van der Waals surface area contributed by atoms with Gasteiger partial charge in [-0.15, -0.1) is 0 Å². The lowest BCUT2D eigenvalue weighted by atomic mass is 9.90. The van der Waals surface area contributed by atoms with Crippen molar-refractivity contribution in [3.05, 3.63) is 199 Å². The number of para-hydroxylation sites is 3. The Kier molecular flexibility index (Phi) is 10.3. The van der Waals surface area contributed by atoms with Gasteiger partial charge in [-0.1, -0.05) is 148 Å². The first-order valence-electron chi connectivity index (χ1n) is 19.3. The Morgan fingerprint density at radius 1 is 0.545 bits per heavy atom. The van der Waals surface area contributed by atoms with Gasteiger partial charge >= 0.3 is 0 Å². The van der Waals surface area contributed by atoms with Crippen LogP contribution in [0, 0.1) is 0 Å². The van der Waals surface area contributed by atoms with Crippen molar-refractivity contribution < 1.29 is 0 Å². The maximum atomic E-state index is 3.75. The van der Waals surface area contributed by atoms with Gasteiger partial charge in [0.15, 0.2) is 0 Å². The minimum absolute atomic E-state index is 1.03. The van der Waals surface area contributed by atoms with Crippen LogP contribution >= 0.6 is 0 Å². The van der Waals surface area contributed by atoms with E-state index in [9.17, 15) is 0 Å². The summed E-state index contributed by atoms with van der Waals surface area (Å²) in [6, 6.07) is 51.7. The summed E-state index contributed by atoms with van der Waals surface area (Å²) in [5.74, 6) is 0. The van der Waals surface area contributed by atoms with E-state index in [1.54, 1.807) is 6.08 Å². The molecule has 0 fully saturated rings. The third-order valence-electron chi connectivity index (χ3n) is 10.3. The molecule has 10 rings (SSSR count). The normalized spacial score (nSPS) is 12.4. The minimum Gasteiger partial charge on any atom is -0.361 e. The van der Waals surface area contributed by atoms with Gasteiger partial charge in [0, 0.05) is 67.3 Å². The third-order valence-corrected chi connectivity index (χ3v) is 10.3. The van der Waals surface area contributed by atoms with Gasteiger partial charge < -0.3 is 14.5 Å². The second kappa shape index (κ2) is 16.0. The van der Waals surface area contributed by atoms with Crippen molar-refractivity contribution in [2.75, 3.05) is 0 Å². The maximum absolute atomic E-state index is 3.75. The number of nitrogens with one attached hydrogen (secondary N) is 2. The molecule has 3 heterocycles. The number of allylic oxidation sites excluding steroid dienone is 5. The van der Waals surface area contributed by atoms with Gasteiger partial charge in [-0.05, 0) is 89.2 Å². The van der Waals surface area contributed by atoms with E-state index in [0.29, 0.717) is 0 Å². The summed E-state index contributed by atoms with van der Waals surface area (Å²) in [5, 5.41) is 5.16. The highest BCUT2D eigenvalue weighted by Gasteiger charge is 2.20. The molecule has 2 N–H and O–H groups in total. The first kappa shape index (κ1) is 35.2. The molecule has 0 atom stereocenters. The van der Waals surface area contributed by atoms with Crippen LogP contribution in [0.5, 0.6) is 0 Å². The second-order valence-electron chi connectivity index (χ2n) is 13.5. The number of H-pyrrole nitrogens is 2. The quantitative estimate of drug-likeness (QED) is 0.161. The Morgan fingerprint density at radius 3 is 2.07 bits per heavy atom. The summed E-state index contributed by atoms with van der Waals surface area (Å²) in [4.78, 5) is 6.88. The van der Waals surface area contributed by atoms with Gasteiger partial charge in [0.25, 0.3) is 0 Å². The Bertz CT molecular complexity index is 2850. The molecule has 3 heteroatoms. The zero-order valence-electron chi connectivity index (χ0n) is 31.5. The molecule has 55 heavy (non-hydrogen) atoms. The van der Waals surface area contributed by atoms with E-state index in [1.165, 1.54) is 88.3 Å². The summed E-state index contributed by atoms with van der Waals surface area (Å²) in [6.45, 7) is 7.75. The lowest BCUT2D eigenvalue weighted by Crippen LogP contribution is -2.02. The first-order valence-corrected chi connectivity index (χ1v) is 19.3. The van der Waals surface area contributed by atoms with Crippen LogP contribution in [0.4, 0.5) is 0 Å². The van der Waals surface area contributed by atoms with E-state index in [2.05, 4.69) is 185 Å². The smallest absolute Gasteiger partial charge is 0.0531 e. The zero-order chi connectivity index (χ0) is 37.6. The molecule has 0 aliphatic heterocycles. The van der Waals surface area contributed by atoms with Crippen molar-refractivity contribution in [3.8, 4) is 22.3 Å². The lowest BCUT2D eigenvalue weighted by Gasteiger charge is -2.16. The number of hydrogen-bond donors (Lipinski definition) is 2. The van der Waals surface area contributed by atoms with Gasteiger partial charge in [-0.25, -0.2) is 0 Å². The SMILES string of the molecule is C=C/C=C\C=C/n1c2c(c3ccccc31)C=C(c1ccc3[nH]c4ccccc4c3c1)CC2.CC.c1ccc(-c2cccc(-c3c[nH]c4ccccc34)c2)cc1. The predicted molar refractivity (Wildman–Crippen MR) is 239 cm³/mol. The molecule has 0 amide bonds. The van der Waals surface area contributed by atoms with E-state index in [4.69, 9.17) is 0 Å². The molecule has 3 nitrogen and oxygen atoms in total. The molecular formula is C52H45N3. The topological polar surface area (TPSA) is 36.5 Å². The third kappa shape index (κ3) is 7.01. The maximum Gasteiger partial charge on any atom is 0.0531 e. The molecule has 1 aliphatic rings. The molecule has 0 bridgehead atoms. The molecule has 6 aromatic carbocycles. The summed E-state index contributed by atoms with van der Waals surface area (Å²) >= 11 is 0. The molecule has 268 valence electrons. The summed E-state index contributed by atoms with van der Waals surface area (Å²) in [7, 11) is 0. The van der Waals surface area contributed by atoms with Crippen LogP contribution in [0.3, 0.4) is 0 Å². The molecule has 0 saturated heterocycles. The van der Waals surface area contributed by atoms with E-state index in [-0.39, 0.29) is 0 Å². The summed E-state index contributed by atoms with van der Waals surface area (Å²) < 4.78 is 2.34. The Balaban J connectivity index is 0.000000161. The highest BCUT2D eigenvalue weighted by Crippen LogP contribution is 2.38. The van der Waals surface area contributed by atoms with Gasteiger partial charge in [-0.2, -0.15) is 0 Å². The van der Waals surface area contributed by atoms with Crippen LogP contribution in [-0.2, 0) is 6.42 Å². The van der Waals surface area contributed by atoms with E-state index >= 15 is 0 Å². The predicted octanol–water partition coefficient (Wildman–Crippen LogP) is 14.5. The van der Waals surface area contributed by atoms with Crippen molar-refractivity contribution in [2.24, 2.45) is 0 Å². The average Bonchev–Trinajstić information content (AvgIpc) is 3.95. The molecule has 9 aromatic rings. The van der Waals surface area contributed by atoms with Crippen molar-refractivity contribution in [2.45, 2.75) is 26.7 Å². The fourth-order valence-electron chi connectivity index (χ4n) is 7.79. The van der Waals surface area contributed by atoms with Crippen molar-refractivity contribution in [3.63, 3.8) is 0 Å². The minimum atomic E-state index is 1.03. The van der Waals surface area contributed by atoms with Crippen LogP contribution in [0.15, 0.2) is 183 Å². The molecule has 0 unspecified atom stereocenters. The van der Waals surface area contributed by atoms with Crippen LogP contribution in [0.25, 0.3) is 83.7 Å². The molecule has 3 aromatic heterocycles. The number of aromatic nitrogens is 3. The van der Waals surface area contributed by atoms with Gasteiger partial charge in [0.2, 0.25) is 0 Å². The Labute approximate surface area is 323 Å². The second-order valence-corrected chi connectivity index (χ2v) is 13.5. The van der Waals surface area contributed by atoms with Crippen LogP contribution in [-0.4, -0.2) is 14.5 Å². The molecule has 1 aliphatic carbocycles. The first-order chi connectivity index (χ1) is 27.2. The van der Waals surface area contributed by atoms with Gasteiger partial charge in [0.1, 0.15) is 0 Å². The highest BCUT2D eigenvalue weighted by molar-refractivity contribution is 6.09. The van der Waals surface area contributed by atoms with Crippen LogP contribution in [0.2, 0.25) is 0 Å². The Hall–Kier alpha value is -6.84. The fraction of sp³-hybridized carbons (Fsp3) is 0.0769. The van der Waals surface area contributed by atoms with E-state index in [0.717, 1.165) is 12.8 Å². The molecule has 0 radical (unpaired) electrons. The van der Waals surface area contributed by atoms with Crippen molar-refractivity contribution in [1.29, 1.82) is 0 Å². The number of nitrogens with zero attached hydrogens (tertiary/aromatic N) is 1. The van der Waals surface area contributed by atoms with Gasteiger partial charge in [-0.3, -0.25) is 0 Å². The zero-order valence-corrected chi connectivity index (χ0v) is 31.5. The van der Waals surface area contributed by atoms with Gasteiger partial charge in [0.05, 0.1) is 5.52 Å². The van der Waals surface area contributed by atoms with Crippen LogP contribution in [0.1, 0.15) is 37.1 Å². The standard InChI is InChI=1S/C30H24N2.C20H15N.C2H6/c1-2-3-4-9-18-32-29-13-8-6-11-24(29)26-20-22(15-17-30(26)32)21-14-16-28-25(19-21)23-10-5-7-12-27(23)31-28;1-2-7-15(8-3-1)16-9-6-10-17(13-16)19-14-21-20-12-5-4-11-18(19)20;1-2/h2-14,16,18-20,31H,1,15,17H2;1-14,21H;1-2H3/b4-3-,18-9-;;. The molecular weight excluding hydrogens is 667 g/mol. The number of rotatable bonds is 6. The largest absolute Gasteiger partial charge is 0.361 e. The Morgan fingerprint density at radius 2 is 1.24 bits per heavy atom. The number of fused-ring (bicyclic) bond motifs is 7. The molecule has 0 spiro atoms. The number of aromatic amines is 2. The highest BCUT2D eigenvalue weighted by atomic mass is 15.0. The monoisotopic (exact) mass is 711 g/mol. The van der Waals surface area contributed by atoms with Crippen molar-refractivity contribution >= 4 is 61.5 Å². The lowest BCUT2D eigenvalue weighted by molar-refractivity contribution is 0.921. The fourth-order valence-corrected chi connectivity index (χ4v) is 7.79. The van der Waals surface area contributed by atoms with Crippen LogP contribution < -0.4 is 0 Å². The van der Waals surface area contributed by atoms with Crippen molar-refractivity contribution in [1.82, 2.24) is 14.5 Å².